The van der Waals surface area contributed by atoms with Crippen LogP contribution in [0.4, 0.5) is 0 Å². The highest BCUT2D eigenvalue weighted by molar-refractivity contribution is 7.98. The Morgan fingerprint density at radius 3 is 2.55 bits per heavy atom. The normalized spacial score (nSPS) is 14.5. The molecule has 1 saturated carbocycles. The van der Waals surface area contributed by atoms with Gasteiger partial charge in [-0.25, -0.2) is 22.7 Å². The lowest BCUT2D eigenvalue weighted by Crippen LogP contribution is -2.22. The van der Waals surface area contributed by atoms with Crippen molar-refractivity contribution in [3.8, 4) is 0 Å². The summed E-state index contributed by atoms with van der Waals surface area (Å²) >= 11 is 1.50. The summed E-state index contributed by atoms with van der Waals surface area (Å²) in [5.41, 5.74) is 2.23. The molecule has 1 aliphatic rings. The number of benzene rings is 2. The predicted octanol–water partition coefficient (Wildman–Crippen LogP) is 3.64. The number of rotatable bonds is 7. The van der Waals surface area contributed by atoms with E-state index in [4.69, 9.17) is 9.97 Å². The van der Waals surface area contributed by atoms with E-state index in [1.165, 1.54) is 30.2 Å². The van der Waals surface area contributed by atoms with Gasteiger partial charge < -0.3 is 4.57 Å². The number of hydrogen-bond donors (Lipinski definition) is 0. The second-order valence-corrected chi connectivity index (χ2v) is 11.4. The molecule has 0 spiro atoms. The average Bonchev–Trinajstić information content (AvgIpc) is 3.57. The molecule has 5 rings (SSSR count). The number of aryl methyl sites for hydroxylation is 1. The number of imidazole rings is 1. The van der Waals surface area contributed by atoms with E-state index in [9.17, 15) is 13.2 Å². The molecule has 0 unspecified atom stereocenters. The lowest BCUT2D eigenvalue weighted by Gasteiger charge is -2.12. The second kappa shape index (κ2) is 8.27. The molecular formula is C23H25N5O3S2. The highest BCUT2D eigenvalue weighted by Crippen LogP contribution is 2.37. The monoisotopic (exact) mass is 483 g/mol. The molecular weight excluding hydrogens is 458 g/mol. The maximum Gasteiger partial charge on any atom is 0.262 e. The maximum atomic E-state index is 13.1. The number of hydrogen-bond acceptors (Lipinski definition) is 6. The number of nitrogens with zero attached hydrogens (tertiary/aromatic N) is 5. The van der Waals surface area contributed by atoms with E-state index < -0.39 is 10.0 Å². The Labute approximate surface area is 196 Å². The lowest BCUT2D eigenvalue weighted by molar-refractivity contribution is 0.521. The van der Waals surface area contributed by atoms with Crippen molar-refractivity contribution in [1.82, 2.24) is 23.4 Å². The van der Waals surface area contributed by atoms with Crippen molar-refractivity contribution in [2.75, 3.05) is 14.1 Å². The fraction of sp³-hybridized carbons (Fsp3) is 0.348. The minimum Gasteiger partial charge on any atom is -0.328 e. The van der Waals surface area contributed by atoms with Crippen LogP contribution in [0.5, 0.6) is 0 Å². The van der Waals surface area contributed by atoms with Crippen LogP contribution in [0.1, 0.15) is 31.6 Å². The van der Waals surface area contributed by atoms with Crippen molar-refractivity contribution in [2.24, 2.45) is 0 Å². The van der Waals surface area contributed by atoms with Gasteiger partial charge in [0.05, 0.1) is 32.6 Å². The van der Waals surface area contributed by atoms with Gasteiger partial charge >= 0.3 is 0 Å². The molecule has 8 nitrogen and oxygen atoms in total. The van der Waals surface area contributed by atoms with Gasteiger partial charge in [0.25, 0.3) is 5.56 Å². The van der Waals surface area contributed by atoms with Gasteiger partial charge in [0, 0.05) is 26.7 Å². The first-order chi connectivity index (χ1) is 15.8. The summed E-state index contributed by atoms with van der Waals surface area (Å²) in [4.78, 5) is 22.9. The molecule has 2 aromatic carbocycles. The van der Waals surface area contributed by atoms with Crippen molar-refractivity contribution >= 4 is 43.7 Å². The number of para-hydroxylation sites is 1. The van der Waals surface area contributed by atoms with Crippen LogP contribution in [0, 0.1) is 0 Å². The van der Waals surface area contributed by atoms with Crippen molar-refractivity contribution in [3.05, 3.63) is 58.6 Å². The van der Waals surface area contributed by atoms with Crippen LogP contribution < -0.4 is 5.56 Å². The number of sulfonamides is 1. The summed E-state index contributed by atoms with van der Waals surface area (Å²) in [6, 6.07) is 12.7. The molecule has 0 amide bonds. The van der Waals surface area contributed by atoms with Gasteiger partial charge in [-0.1, -0.05) is 23.9 Å². The molecule has 0 saturated heterocycles. The molecule has 2 aromatic heterocycles. The molecule has 4 aromatic rings. The minimum atomic E-state index is -3.54. The fourth-order valence-electron chi connectivity index (χ4n) is 4.00. The molecule has 1 fully saturated rings. The van der Waals surface area contributed by atoms with Gasteiger partial charge in [-0.2, -0.15) is 0 Å². The predicted molar refractivity (Wildman–Crippen MR) is 130 cm³/mol. The Hall–Kier alpha value is -2.69. The minimum absolute atomic E-state index is 0.00753. The van der Waals surface area contributed by atoms with E-state index in [-0.39, 0.29) is 16.5 Å². The van der Waals surface area contributed by atoms with Gasteiger partial charge in [-0.3, -0.25) is 9.36 Å². The Balaban J connectivity index is 1.53. The summed E-state index contributed by atoms with van der Waals surface area (Å²) in [5, 5.41) is 1.34. The zero-order chi connectivity index (χ0) is 23.3. The van der Waals surface area contributed by atoms with Gasteiger partial charge in [0.1, 0.15) is 5.82 Å². The van der Waals surface area contributed by atoms with Crippen LogP contribution in [-0.4, -0.2) is 45.9 Å². The number of thioether (sulfide) groups is 1. The molecule has 0 bridgehead atoms. The second-order valence-electron chi connectivity index (χ2n) is 8.32. The Morgan fingerprint density at radius 2 is 1.85 bits per heavy atom. The standard InChI is InChI=1S/C23H25N5O3S2/c1-4-27-20-12-11-16(33(30,31)26(2)3)13-19(20)24-21(27)14-32-23-25-18-8-6-5-7-17(18)22(29)28(23)15-9-10-15/h5-8,11-13,15H,4,9-10,14H2,1-3H3. The first-order valence-corrected chi connectivity index (χ1v) is 13.3. The van der Waals surface area contributed by atoms with Crippen molar-refractivity contribution in [1.29, 1.82) is 0 Å². The first-order valence-electron chi connectivity index (χ1n) is 10.9. The van der Waals surface area contributed by atoms with E-state index in [0.29, 0.717) is 33.9 Å². The third kappa shape index (κ3) is 3.85. The van der Waals surface area contributed by atoms with E-state index >= 15 is 0 Å². The highest BCUT2D eigenvalue weighted by atomic mass is 32.2. The smallest absolute Gasteiger partial charge is 0.262 e. The fourth-order valence-corrected chi connectivity index (χ4v) is 5.94. The summed E-state index contributed by atoms with van der Waals surface area (Å²) in [6.45, 7) is 2.74. The Bertz CT molecular complexity index is 1540. The number of fused-ring (bicyclic) bond motifs is 2. The van der Waals surface area contributed by atoms with Crippen molar-refractivity contribution < 1.29 is 8.42 Å². The molecule has 0 aliphatic heterocycles. The molecule has 10 heteroatoms. The maximum absolute atomic E-state index is 13.1. The van der Waals surface area contributed by atoms with Gasteiger partial charge in [0.2, 0.25) is 10.0 Å². The Morgan fingerprint density at radius 1 is 1.09 bits per heavy atom. The van der Waals surface area contributed by atoms with Crippen LogP contribution in [0.3, 0.4) is 0 Å². The van der Waals surface area contributed by atoms with Crippen LogP contribution >= 0.6 is 11.8 Å². The molecule has 0 radical (unpaired) electrons. The average molecular weight is 484 g/mol. The van der Waals surface area contributed by atoms with Crippen LogP contribution in [0.15, 0.2) is 57.3 Å². The van der Waals surface area contributed by atoms with Crippen molar-refractivity contribution in [2.45, 2.75) is 48.2 Å². The van der Waals surface area contributed by atoms with Crippen LogP contribution in [-0.2, 0) is 22.3 Å². The summed E-state index contributed by atoms with van der Waals surface area (Å²) < 4.78 is 30.2. The van der Waals surface area contributed by atoms with E-state index in [2.05, 4.69) is 4.57 Å². The lowest BCUT2D eigenvalue weighted by atomic mass is 10.2. The van der Waals surface area contributed by atoms with Crippen LogP contribution in [0.25, 0.3) is 21.9 Å². The molecule has 33 heavy (non-hydrogen) atoms. The third-order valence-corrected chi connectivity index (χ3v) is 8.67. The molecule has 0 N–H and O–H groups in total. The summed E-state index contributed by atoms with van der Waals surface area (Å²) in [6.07, 6.45) is 1.98. The van der Waals surface area contributed by atoms with Crippen molar-refractivity contribution in [3.63, 3.8) is 0 Å². The summed E-state index contributed by atoms with van der Waals surface area (Å²) in [7, 11) is -0.505. The van der Waals surface area contributed by atoms with E-state index in [1.807, 2.05) is 41.8 Å². The molecule has 0 atom stereocenters. The third-order valence-electron chi connectivity index (χ3n) is 5.91. The van der Waals surface area contributed by atoms with Gasteiger partial charge in [-0.15, -0.1) is 0 Å². The quantitative estimate of drug-likeness (QED) is 0.294. The topological polar surface area (TPSA) is 90.1 Å². The molecule has 1 aliphatic carbocycles. The molecule has 2 heterocycles. The van der Waals surface area contributed by atoms with Crippen LogP contribution in [0.2, 0.25) is 0 Å². The van der Waals surface area contributed by atoms with Gasteiger partial charge in [0.15, 0.2) is 5.16 Å². The van der Waals surface area contributed by atoms with E-state index in [0.717, 1.165) is 24.2 Å². The highest BCUT2D eigenvalue weighted by Gasteiger charge is 2.29. The number of aromatic nitrogens is 4. The Kier molecular flexibility index (Phi) is 5.54. The summed E-state index contributed by atoms with van der Waals surface area (Å²) in [5.74, 6) is 1.34. The first kappa shape index (κ1) is 22.1. The zero-order valence-electron chi connectivity index (χ0n) is 18.7. The molecule has 172 valence electrons. The van der Waals surface area contributed by atoms with Gasteiger partial charge in [-0.05, 0) is 50.1 Å². The zero-order valence-corrected chi connectivity index (χ0v) is 20.4. The SMILES string of the molecule is CCn1c(CSc2nc3ccccc3c(=O)n2C2CC2)nc2cc(S(=O)(=O)N(C)C)ccc21. The van der Waals surface area contributed by atoms with E-state index in [1.54, 1.807) is 12.1 Å². The largest absolute Gasteiger partial charge is 0.328 e.